The number of piperidine rings is 1. The lowest BCUT2D eigenvalue weighted by molar-refractivity contribution is 0.277. The van der Waals surface area contributed by atoms with Gasteiger partial charge in [0.2, 0.25) is 10.0 Å². The summed E-state index contributed by atoms with van der Waals surface area (Å²) in [4.78, 5) is 5.23. The summed E-state index contributed by atoms with van der Waals surface area (Å²) in [6.45, 7) is 3.79. The Labute approximate surface area is 212 Å². The van der Waals surface area contributed by atoms with Crippen molar-refractivity contribution in [2.24, 2.45) is 11.8 Å². The van der Waals surface area contributed by atoms with Crippen LogP contribution < -0.4 is 10.8 Å². The van der Waals surface area contributed by atoms with Gasteiger partial charge in [-0.25, -0.2) is 13.4 Å². The molecule has 10 heteroatoms. The van der Waals surface area contributed by atoms with Gasteiger partial charge in [0.1, 0.15) is 13.7 Å². The van der Waals surface area contributed by atoms with Crippen molar-refractivity contribution in [1.29, 1.82) is 0 Å². The molecule has 1 aliphatic heterocycles. The SMILES string of the molecule is Bc1cnn2c(NCC3CCCN(S(=O)(=O)C4=CCC(C)C=C4)C3)cc(-c3ccccc3Cl)nc12. The number of anilines is 1. The molecule has 7 nitrogen and oxygen atoms in total. The van der Waals surface area contributed by atoms with E-state index >= 15 is 0 Å². The number of hydrogen-bond donors (Lipinski definition) is 1. The molecule has 3 heterocycles. The maximum atomic E-state index is 13.2. The smallest absolute Gasteiger partial charge is 0.242 e. The second-order valence-corrected chi connectivity index (χ2v) is 11.8. The number of allylic oxidation sites excluding steroid dienone is 3. The highest BCUT2D eigenvalue weighted by Gasteiger charge is 2.31. The fraction of sp³-hybridized carbons (Fsp3) is 0.360. The standard InChI is InChI=1S/C25H29BClN5O2S/c1-17-8-10-19(11-9-17)35(33,34)31-12-4-5-18(16-31)14-28-24-13-23(20-6-2-3-7-22(20)27)30-25-21(26)15-29-32(24)25/h2-3,6-8,10-11,13,15,17-18,28H,4-5,9,12,14,16,26H2,1H3. The Bertz CT molecular complexity index is 1420. The summed E-state index contributed by atoms with van der Waals surface area (Å²) >= 11 is 6.45. The van der Waals surface area contributed by atoms with Gasteiger partial charge in [0, 0.05) is 42.5 Å². The van der Waals surface area contributed by atoms with Crippen LogP contribution in [0.1, 0.15) is 26.2 Å². The van der Waals surface area contributed by atoms with Crippen molar-refractivity contribution in [1.82, 2.24) is 18.9 Å². The van der Waals surface area contributed by atoms with Gasteiger partial charge in [-0.2, -0.15) is 13.9 Å². The summed E-state index contributed by atoms with van der Waals surface area (Å²) in [6.07, 6.45) is 9.96. The van der Waals surface area contributed by atoms with E-state index in [0.717, 1.165) is 47.4 Å². The van der Waals surface area contributed by atoms with Gasteiger partial charge in [-0.1, -0.05) is 48.9 Å². The van der Waals surface area contributed by atoms with Crippen LogP contribution in [0.3, 0.4) is 0 Å². The van der Waals surface area contributed by atoms with E-state index in [-0.39, 0.29) is 5.92 Å². The maximum absolute atomic E-state index is 13.2. The molecule has 182 valence electrons. The minimum absolute atomic E-state index is 0.189. The Morgan fingerprint density at radius 3 is 2.89 bits per heavy atom. The van der Waals surface area contributed by atoms with Crippen LogP contribution in [0.15, 0.2) is 59.7 Å². The molecule has 1 fully saturated rings. The summed E-state index contributed by atoms with van der Waals surface area (Å²) in [6, 6.07) is 9.61. The van der Waals surface area contributed by atoms with Crippen molar-refractivity contribution < 1.29 is 8.42 Å². The molecule has 0 bridgehead atoms. The number of rotatable bonds is 6. The monoisotopic (exact) mass is 509 g/mol. The van der Waals surface area contributed by atoms with Crippen LogP contribution >= 0.6 is 11.6 Å². The highest BCUT2D eigenvalue weighted by molar-refractivity contribution is 7.93. The van der Waals surface area contributed by atoms with E-state index in [9.17, 15) is 8.42 Å². The van der Waals surface area contributed by atoms with Gasteiger partial charge in [0.25, 0.3) is 0 Å². The number of halogens is 1. The number of fused-ring (bicyclic) bond motifs is 1. The summed E-state index contributed by atoms with van der Waals surface area (Å²) < 4.78 is 29.9. The molecule has 5 rings (SSSR count). The second kappa shape index (κ2) is 9.80. The molecule has 0 spiro atoms. The molecule has 0 radical (unpaired) electrons. The normalized spacial score (nSPS) is 21.3. The lowest BCUT2D eigenvalue weighted by Crippen LogP contribution is -2.42. The average molecular weight is 510 g/mol. The van der Waals surface area contributed by atoms with Crippen molar-refractivity contribution >= 4 is 46.4 Å². The lowest BCUT2D eigenvalue weighted by atomic mass is 9.99. The lowest BCUT2D eigenvalue weighted by Gasteiger charge is -2.33. The minimum atomic E-state index is -3.47. The molecule has 2 atom stereocenters. The first-order valence-electron chi connectivity index (χ1n) is 12.1. The quantitative estimate of drug-likeness (QED) is 0.516. The minimum Gasteiger partial charge on any atom is -0.370 e. The molecule has 0 saturated carbocycles. The molecule has 3 aromatic rings. The van der Waals surface area contributed by atoms with Crippen LogP contribution in [0.5, 0.6) is 0 Å². The van der Waals surface area contributed by atoms with Crippen LogP contribution in [-0.4, -0.2) is 54.8 Å². The summed E-state index contributed by atoms with van der Waals surface area (Å²) in [7, 11) is -1.48. The van der Waals surface area contributed by atoms with Crippen LogP contribution in [-0.2, 0) is 10.0 Å². The van der Waals surface area contributed by atoms with Crippen molar-refractivity contribution in [2.45, 2.75) is 26.2 Å². The van der Waals surface area contributed by atoms with E-state index in [2.05, 4.69) is 17.3 Å². The van der Waals surface area contributed by atoms with Crippen LogP contribution in [0.4, 0.5) is 5.82 Å². The molecule has 2 aromatic heterocycles. The average Bonchev–Trinajstić information content (AvgIpc) is 3.24. The Kier molecular flexibility index (Phi) is 6.74. The molecule has 1 saturated heterocycles. The first-order chi connectivity index (χ1) is 16.8. The van der Waals surface area contributed by atoms with Crippen molar-refractivity contribution in [2.75, 3.05) is 25.0 Å². The van der Waals surface area contributed by atoms with Crippen molar-refractivity contribution in [3.8, 4) is 11.3 Å². The molecule has 2 aliphatic rings. The van der Waals surface area contributed by atoms with Gasteiger partial charge in [-0.05, 0) is 48.7 Å². The zero-order valence-corrected chi connectivity index (χ0v) is 21.6. The number of nitrogens with zero attached hydrogens (tertiary/aromatic N) is 4. The molecule has 0 amide bonds. The third-order valence-electron chi connectivity index (χ3n) is 6.77. The van der Waals surface area contributed by atoms with E-state index in [1.54, 1.807) is 21.1 Å². The number of aromatic nitrogens is 3. The van der Waals surface area contributed by atoms with Crippen LogP contribution in [0.2, 0.25) is 5.02 Å². The Hall–Kier alpha value is -2.62. The first-order valence-corrected chi connectivity index (χ1v) is 13.9. The molecular formula is C25H29BClN5O2S. The summed E-state index contributed by atoms with van der Waals surface area (Å²) in [5.41, 5.74) is 3.37. The zero-order valence-electron chi connectivity index (χ0n) is 20.0. The Morgan fingerprint density at radius 1 is 1.29 bits per heavy atom. The second-order valence-electron chi connectivity index (χ2n) is 9.50. The van der Waals surface area contributed by atoms with Gasteiger partial charge >= 0.3 is 0 Å². The number of hydrogen-bond acceptors (Lipinski definition) is 5. The highest BCUT2D eigenvalue weighted by Crippen LogP contribution is 2.30. The zero-order chi connectivity index (χ0) is 24.6. The summed E-state index contributed by atoms with van der Waals surface area (Å²) in [5.74, 6) is 1.38. The van der Waals surface area contributed by atoms with E-state index in [1.807, 2.05) is 50.3 Å². The molecule has 1 N–H and O–H groups in total. The van der Waals surface area contributed by atoms with Gasteiger partial charge in [-0.15, -0.1) is 0 Å². The predicted octanol–water partition coefficient (Wildman–Crippen LogP) is 3.24. The largest absolute Gasteiger partial charge is 0.370 e. The topological polar surface area (TPSA) is 79.6 Å². The van der Waals surface area contributed by atoms with Crippen molar-refractivity contribution in [3.63, 3.8) is 0 Å². The Balaban J connectivity index is 1.36. The molecule has 1 aliphatic carbocycles. The predicted molar refractivity (Wildman–Crippen MR) is 144 cm³/mol. The third kappa shape index (κ3) is 4.90. The van der Waals surface area contributed by atoms with Gasteiger partial charge in [0.05, 0.1) is 10.6 Å². The van der Waals surface area contributed by atoms with Gasteiger partial charge < -0.3 is 5.32 Å². The molecule has 1 aromatic carbocycles. The Morgan fingerprint density at radius 2 is 2.11 bits per heavy atom. The van der Waals surface area contributed by atoms with E-state index in [0.29, 0.717) is 35.5 Å². The fourth-order valence-corrected chi connectivity index (χ4v) is 6.58. The van der Waals surface area contributed by atoms with E-state index < -0.39 is 10.0 Å². The van der Waals surface area contributed by atoms with E-state index in [1.165, 1.54) is 0 Å². The van der Waals surface area contributed by atoms with Gasteiger partial charge in [0.15, 0.2) is 5.65 Å². The van der Waals surface area contributed by atoms with Crippen molar-refractivity contribution in [3.05, 3.63) is 64.7 Å². The molecule has 35 heavy (non-hydrogen) atoms. The molecule has 2 unspecified atom stereocenters. The van der Waals surface area contributed by atoms with Gasteiger partial charge in [-0.3, -0.25) is 0 Å². The molecular weight excluding hydrogens is 481 g/mol. The fourth-order valence-electron chi connectivity index (χ4n) is 4.71. The van der Waals surface area contributed by atoms with E-state index in [4.69, 9.17) is 16.6 Å². The summed E-state index contributed by atoms with van der Waals surface area (Å²) in [5, 5.41) is 8.66. The number of sulfonamides is 1. The first kappa shape index (κ1) is 24.1. The number of benzene rings is 1. The maximum Gasteiger partial charge on any atom is 0.242 e. The number of nitrogens with one attached hydrogen (secondary N) is 1. The third-order valence-corrected chi connectivity index (χ3v) is 9.01. The van der Waals surface area contributed by atoms with Crippen LogP contribution in [0, 0.1) is 11.8 Å². The highest BCUT2D eigenvalue weighted by atomic mass is 35.5. The van der Waals surface area contributed by atoms with Crippen LogP contribution in [0.25, 0.3) is 16.9 Å².